The maximum Gasteiger partial charge on any atom is 0.223 e. The maximum absolute atomic E-state index is 5.60. The highest BCUT2D eigenvalue weighted by atomic mass is 15.1. The minimum absolute atomic E-state index is 0.294. The van der Waals surface area contributed by atoms with Crippen molar-refractivity contribution >= 4 is 17.6 Å². The Morgan fingerprint density at radius 1 is 1.40 bits per heavy atom. The van der Waals surface area contributed by atoms with Gasteiger partial charge in [0.1, 0.15) is 11.6 Å². The molecule has 4 N–H and O–H groups in total. The summed E-state index contributed by atoms with van der Waals surface area (Å²) in [4.78, 5) is 8.17. The number of nitrogen functional groups attached to an aromatic ring is 1. The quantitative estimate of drug-likeness (QED) is 0.696. The van der Waals surface area contributed by atoms with Crippen LogP contribution in [0.15, 0.2) is 6.07 Å². The van der Waals surface area contributed by atoms with Crippen LogP contribution in [0.3, 0.4) is 0 Å². The van der Waals surface area contributed by atoms with E-state index in [1.165, 1.54) is 6.42 Å². The highest BCUT2D eigenvalue weighted by Gasteiger charge is 2.45. The summed E-state index contributed by atoms with van der Waals surface area (Å²) in [6.45, 7) is 4.46. The Labute approximate surface area is 89.5 Å². The van der Waals surface area contributed by atoms with Gasteiger partial charge < -0.3 is 16.4 Å². The monoisotopic (exact) mass is 207 g/mol. The van der Waals surface area contributed by atoms with Crippen molar-refractivity contribution in [1.82, 2.24) is 9.97 Å². The molecule has 2 rings (SSSR count). The average molecular weight is 207 g/mol. The molecule has 0 amide bonds. The molecule has 1 unspecified atom stereocenters. The average Bonchev–Trinajstić information content (AvgIpc) is 2.72. The molecule has 0 aliphatic heterocycles. The molecule has 1 saturated carbocycles. The van der Waals surface area contributed by atoms with Crippen molar-refractivity contribution in [2.75, 3.05) is 23.4 Å². The molecular weight excluding hydrogens is 190 g/mol. The van der Waals surface area contributed by atoms with E-state index in [1.807, 2.05) is 13.1 Å². The second-order valence-corrected chi connectivity index (χ2v) is 4.64. The summed E-state index contributed by atoms with van der Waals surface area (Å²) in [6.07, 6.45) is 1.17. The molecule has 1 fully saturated rings. The van der Waals surface area contributed by atoms with Gasteiger partial charge >= 0.3 is 0 Å². The lowest BCUT2D eigenvalue weighted by Gasteiger charge is -2.09. The van der Waals surface area contributed by atoms with Gasteiger partial charge in [0.15, 0.2) is 0 Å². The first-order valence-corrected chi connectivity index (χ1v) is 5.10. The first-order chi connectivity index (χ1) is 7.01. The number of anilines is 3. The third kappa shape index (κ3) is 2.11. The van der Waals surface area contributed by atoms with E-state index in [2.05, 4.69) is 34.4 Å². The van der Waals surface area contributed by atoms with Gasteiger partial charge in [-0.25, -0.2) is 0 Å². The summed E-state index contributed by atoms with van der Waals surface area (Å²) >= 11 is 0. The number of nitrogens with zero attached hydrogens (tertiary/aromatic N) is 2. The molecule has 1 aliphatic carbocycles. The van der Waals surface area contributed by atoms with Crippen molar-refractivity contribution in [3.05, 3.63) is 6.07 Å². The maximum atomic E-state index is 5.60. The summed E-state index contributed by atoms with van der Waals surface area (Å²) in [5.41, 5.74) is 5.97. The Morgan fingerprint density at radius 2 is 2.00 bits per heavy atom. The third-order valence-corrected chi connectivity index (χ3v) is 2.84. The fraction of sp³-hybridized carbons (Fsp3) is 0.600. The normalized spacial score (nSPS) is 22.2. The van der Waals surface area contributed by atoms with Crippen LogP contribution in [0.2, 0.25) is 0 Å². The van der Waals surface area contributed by atoms with Gasteiger partial charge in [0.2, 0.25) is 5.95 Å². The Hall–Kier alpha value is -1.52. The second-order valence-electron chi connectivity index (χ2n) is 4.64. The molecule has 1 heterocycles. The van der Waals surface area contributed by atoms with Gasteiger partial charge in [-0.2, -0.15) is 9.97 Å². The first kappa shape index (κ1) is 10.0. The number of rotatable bonds is 3. The number of hydrogen-bond acceptors (Lipinski definition) is 5. The second kappa shape index (κ2) is 3.25. The van der Waals surface area contributed by atoms with E-state index < -0.39 is 0 Å². The van der Waals surface area contributed by atoms with Crippen LogP contribution in [0.25, 0.3) is 0 Å². The van der Waals surface area contributed by atoms with Crippen molar-refractivity contribution in [1.29, 1.82) is 0 Å². The van der Waals surface area contributed by atoms with Crippen LogP contribution >= 0.6 is 0 Å². The van der Waals surface area contributed by atoms with Crippen LogP contribution in [0, 0.1) is 5.41 Å². The number of hydrogen-bond donors (Lipinski definition) is 3. The van der Waals surface area contributed by atoms with Gasteiger partial charge in [-0.3, -0.25) is 0 Å². The topological polar surface area (TPSA) is 75.9 Å². The molecule has 5 nitrogen and oxygen atoms in total. The fourth-order valence-corrected chi connectivity index (χ4v) is 1.56. The van der Waals surface area contributed by atoms with E-state index in [1.54, 1.807) is 0 Å². The lowest BCUT2D eigenvalue weighted by atomic mass is 10.2. The number of nitrogens with one attached hydrogen (secondary N) is 2. The van der Waals surface area contributed by atoms with E-state index >= 15 is 0 Å². The zero-order chi connectivity index (χ0) is 11.1. The fourth-order valence-electron chi connectivity index (χ4n) is 1.56. The molecule has 0 saturated heterocycles. The smallest absolute Gasteiger partial charge is 0.223 e. The van der Waals surface area contributed by atoms with Crippen LogP contribution in [-0.2, 0) is 0 Å². The molecule has 15 heavy (non-hydrogen) atoms. The minimum Gasteiger partial charge on any atom is -0.373 e. The van der Waals surface area contributed by atoms with Crippen molar-refractivity contribution in [2.45, 2.75) is 26.3 Å². The first-order valence-electron chi connectivity index (χ1n) is 5.10. The zero-order valence-corrected chi connectivity index (χ0v) is 9.33. The lowest BCUT2D eigenvalue weighted by Crippen LogP contribution is -2.11. The zero-order valence-electron chi connectivity index (χ0n) is 9.33. The van der Waals surface area contributed by atoms with Crippen LogP contribution in [0.4, 0.5) is 17.6 Å². The largest absolute Gasteiger partial charge is 0.373 e. The summed E-state index contributed by atoms with van der Waals surface area (Å²) in [5, 5.41) is 6.30. The van der Waals surface area contributed by atoms with Crippen molar-refractivity contribution in [2.24, 2.45) is 5.41 Å². The molecule has 0 bridgehead atoms. The molecule has 1 aromatic heterocycles. The summed E-state index contributed by atoms with van der Waals surface area (Å²) in [5.74, 6) is 1.83. The van der Waals surface area contributed by atoms with E-state index in [-0.39, 0.29) is 0 Å². The van der Waals surface area contributed by atoms with E-state index in [0.717, 1.165) is 11.6 Å². The van der Waals surface area contributed by atoms with Gasteiger partial charge in [0.25, 0.3) is 0 Å². The van der Waals surface area contributed by atoms with Crippen molar-refractivity contribution in [3.63, 3.8) is 0 Å². The molecule has 1 aliphatic rings. The summed E-state index contributed by atoms with van der Waals surface area (Å²) in [7, 11) is 1.81. The highest BCUT2D eigenvalue weighted by Crippen LogP contribution is 2.46. The number of nitrogens with two attached hydrogens (primary N) is 1. The predicted molar refractivity (Wildman–Crippen MR) is 61.8 cm³/mol. The Balaban J connectivity index is 2.11. The molecule has 0 radical (unpaired) electrons. The van der Waals surface area contributed by atoms with Crippen LogP contribution in [0.1, 0.15) is 20.3 Å². The van der Waals surface area contributed by atoms with E-state index in [0.29, 0.717) is 17.4 Å². The molecule has 0 spiro atoms. The SMILES string of the molecule is CNc1cc(NC2CC2(C)C)nc(N)n1. The Bertz CT molecular complexity index is 374. The summed E-state index contributed by atoms with van der Waals surface area (Å²) in [6, 6.07) is 2.36. The highest BCUT2D eigenvalue weighted by molar-refractivity contribution is 5.52. The predicted octanol–water partition coefficient (Wildman–Crippen LogP) is 1.31. The standard InChI is InChI=1S/C10H17N5/c1-10(2)5-6(10)13-8-4-7(12-3)14-9(11)15-8/h4,6H,5H2,1-3H3,(H4,11,12,13,14,15). The van der Waals surface area contributed by atoms with Gasteiger partial charge in [0, 0.05) is 19.2 Å². The van der Waals surface area contributed by atoms with Gasteiger partial charge in [-0.15, -0.1) is 0 Å². The van der Waals surface area contributed by atoms with Gasteiger partial charge in [-0.1, -0.05) is 13.8 Å². The Morgan fingerprint density at radius 3 is 2.53 bits per heavy atom. The van der Waals surface area contributed by atoms with E-state index in [9.17, 15) is 0 Å². The summed E-state index contributed by atoms with van der Waals surface area (Å²) < 4.78 is 0. The van der Waals surface area contributed by atoms with Crippen LogP contribution < -0.4 is 16.4 Å². The molecule has 82 valence electrons. The lowest BCUT2D eigenvalue weighted by molar-refractivity contribution is 0.630. The van der Waals surface area contributed by atoms with Crippen LogP contribution in [0.5, 0.6) is 0 Å². The molecule has 0 aromatic carbocycles. The van der Waals surface area contributed by atoms with E-state index in [4.69, 9.17) is 5.73 Å². The third-order valence-electron chi connectivity index (χ3n) is 2.84. The minimum atomic E-state index is 0.294. The Kier molecular flexibility index (Phi) is 2.17. The van der Waals surface area contributed by atoms with Crippen LogP contribution in [-0.4, -0.2) is 23.1 Å². The number of aromatic nitrogens is 2. The van der Waals surface area contributed by atoms with Crippen molar-refractivity contribution < 1.29 is 0 Å². The molecule has 1 atom stereocenters. The van der Waals surface area contributed by atoms with Gasteiger partial charge in [-0.05, 0) is 11.8 Å². The molecular formula is C10H17N5. The van der Waals surface area contributed by atoms with Crippen molar-refractivity contribution in [3.8, 4) is 0 Å². The van der Waals surface area contributed by atoms with Gasteiger partial charge in [0.05, 0.1) is 0 Å². The molecule has 5 heteroatoms. The molecule has 1 aromatic rings.